The summed E-state index contributed by atoms with van der Waals surface area (Å²) in [7, 11) is 3.22. The van der Waals surface area contributed by atoms with Gasteiger partial charge in [-0.15, -0.1) is 12.4 Å². The summed E-state index contributed by atoms with van der Waals surface area (Å²) >= 11 is 1.67. The van der Waals surface area contributed by atoms with Crippen LogP contribution in [0.3, 0.4) is 0 Å². The number of carbonyl (C=O) groups is 1. The van der Waals surface area contributed by atoms with Gasteiger partial charge in [0.15, 0.2) is 0 Å². The van der Waals surface area contributed by atoms with E-state index in [0.29, 0.717) is 35.1 Å². The van der Waals surface area contributed by atoms with E-state index in [1.807, 2.05) is 12.1 Å². The molecule has 1 amide bonds. The Morgan fingerprint density at radius 3 is 2.46 bits per heavy atom. The fourth-order valence-corrected chi connectivity index (χ4v) is 4.89. The number of halogens is 1. The van der Waals surface area contributed by atoms with E-state index in [9.17, 15) is 4.79 Å². The van der Waals surface area contributed by atoms with Gasteiger partial charge in [0.1, 0.15) is 11.5 Å². The highest BCUT2D eigenvalue weighted by molar-refractivity contribution is 7.07. The smallest absolute Gasteiger partial charge is 0.254 e. The van der Waals surface area contributed by atoms with Crippen molar-refractivity contribution in [2.75, 3.05) is 27.3 Å². The topological polar surface area (TPSA) is 50.8 Å². The predicted octanol–water partition coefficient (Wildman–Crippen LogP) is 3.97. The number of ether oxygens (including phenoxy) is 2. The van der Waals surface area contributed by atoms with Gasteiger partial charge in [-0.05, 0) is 72.3 Å². The highest BCUT2D eigenvalue weighted by Crippen LogP contribution is 2.56. The molecule has 1 aromatic heterocycles. The van der Waals surface area contributed by atoms with E-state index < -0.39 is 0 Å². The number of benzene rings is 1. The molecule has 1 atom stereocenters. The lowest BCUT2D eigenvalue weighted by molar-refractivity contribution is 0.0691. The third-order valence-corrected chi connectivity index (χ3v) is 6.65. The fraction of sp³-hybridized carbons (Fsp3) is 0.476. The number of piperidine rings is 1. The number of nitrogens with zero attached hydrogens (tertiary/aromatic N) is 1. The Balaban J connectivity index is 0.00000225. The summed E-state index contributed by atoms with van der Waals surface area (Å²) in [5.74, 6) is 1.33. The van der Waals surface area contributed by atoms with Gasteiger partial charge < -0.3 is 19.7 Å². The predicted molar refractivity (Wildman–Crippen MR) is 114 cm³/mol. The van der Waals surface area contributed by atoms with Gasteiger partial charge >= 0.3 is 0 Å². The maximum absolute atomic E-state index is 13.5. The molecule has 0 radical (unpaired) electrons. The van der Waals surface area contributed by atoms with Crippen molar-refractivity contribution in [3.8, 4) is 11.5 Å². The van der Waals surface area contributed by atoms with E-state index in [4.69, 9.17) is 9.47 Å². The lowest BCUT2D eigenvalue weighted by Crippen LogP contribution is -2.39. The van der Waals surface area contributed by atoms with Crippen molar-refractivity contribution in [2.24, 2.45) is 5.41 Å². The molecule has 28 heavy (non-hydrogen) atoms. The van der Waals surface area contributed by atoms with Crippen LogP contribution >= 0.6 is 23.7 Å². The Kier molecular flexibility index (Phi) is 6.53. The normalized spacial score (nSPS) is 19.6. The first kappa shape index (κ1) is 21.0. The number of hydrogen-bond acceptors (Lipinski definition) is 5. The van der Waals surface area contributed by atoms with E-state index >= 15 is 0 Å². The number of rotatable bonds is 6. The fourth-order valence-electron chi connectivity index (χ4n) is 4.23. The second-order valence-electron chi connectivity index (χ2n) is 7.50. The van der Waals surface area contributed by atoms with E-state index in [1.54, 1.807) is 31.6 Å². The standard InChI is InChI=1S/C21H26N2O3S.ClH/c1-25-17-9-16(10-18(11-17)26-2)20(24)23(13-15-3-8-27-14-15)19-12-21(19)4-6-22-7-5-21;/h3,8-11,14,19,22H,4-7,12-13H2,1-2H3;1H. The van der Waals surface area contributed by atoms with E-state index in [1.165, 1.54) is 5.56 Å². The summed E-state index contributed by atoms with van der Waals surface area (Å²) < 4.78 is 10.7. The van der Waals surface area contributed by atoms with Crippen LogP contribution in [0.5, 0.6) is 11.5 Å². The molecule has 1 saturated heterocycles. The molecule has 152 valence electrons. The molecule has 1 aliphatic heterocycles. The largest absolute Gasteiger partial charge is 0.497 e. The van der Waals surface area contributed by atoms with Crippen molar-refractivity contribution in [2.45, 2.75) is 31.8 Å². The molecule has 1 aliphatic carbocycles. The van der Waals surface area contributed by atoms with Crippen LogP contribution in [0, 0.1) is 5.41 Å². The number of nitrogens with one attached hydrogen (secondary N) is 1. The van der Waals surface area contributed by atoms with Gasteiger partial charge in [0.25, 0.3) is 5.91 Å². The molecule has 4 rings (SSSR count). The van der Waals surface area contributed by atoms with E-state index in [0.717, 1.165) is 32.4 Å². The zero-order valence-corrected chi connectivity index (χ0v) is 17.9. The van der Waals surface area contributed by atoms with Crippen LogP contribution in [0.1, 0.15) is 35.2 Å². The Hall–Kier alpha value is -1.76. The molecular formula is C21H27ClN2O3S. The number of hydrogen-bond donors (Lipinski definition) is 1. The molecule has 1 spiro atoms. The molecule has 1 N–H and O–H groups in total. The summed E-state index contributed by atoms with van der Waals surface area (Å²) in [6, 6.07) is 7.83. The Bertz CT molecular complexity index is 784. The lowest BCUT2D eigenvalue weighted by atomic mass is 9.93. The van der Waals surface area contributed by atoms with Gasteiger partial charge in [-0.3, -0.25) is 4.79 Å². The third-order valence-electron chi connectivity index (χ3n) is 5.91. The number of amides is 1. The van der Waals surface area contributed by atoms with Crippen molar-refractivity contribution < 1.29 is 14.3 Å². The first-order valence-corrected chi connectivity index (χ1v) is 10.4. The lowest BCUT2D eigenvalue weighted by Gasteiger charge is -2.30. The van der Waals surface area contributed by atoms with Gasteiger partial charge in [0.05, 0.1) is 14.2 Å². The molecule has 7 heteroatoms. The SMILES string of the molecule is COc1cc(OC)cc(C(=O)N(Cc2ccsc2)C2CC23CCNCC3)c1.Cl. The van der Waals surface area contributed by atoms with Gasteiger partial charge in [0.2, 0.25) is 0 Å². The average Bonchev–Trinajstić information content (AvgIpc) is 3.14. The third kappa shape index (κ3) is 4.14. The molecule has 2 aliphatic rings. The summed E-state index contributed by atoms with van der Waals surface area (Å²) in [5.41, 5.74) is 2.11. The second kappa shape index (κ2) is 8.72. The summed E-state index contributed by atoms with van der Waals surface area (Å²) in [6.07, 6.45) is 3.39. The van der Waals surface area contributed by atoms with Crippen LogP contribution in [-0.4, -0.2) is 44.2 Å². The van der Waals surface area contributed by atoms with Crippen LogP contribution in [0.4, 0.5) is 0 Å². The molecule has 1 unspecified atom stereocenters. The molecule has 1 aromatic carbocycles. The van der Waals surface area contributed by atoms with Gasteiger partial charge in [0, 0.05) is 24.2 Å². The minimum absolute atomic E-state index is 0. The first-order valence-electron chi connectivity index (χ1n) is 9.41. The monoisotopic (exact) mass is 422 g/mol. The van der Waals surface area contributed by atoms with Crippen molar-refractivity contribution in [3.05, 3.63) is 46.2 Å². The van der Waals surface area contributed by atoms with Crippen LogP contribution in [0.2, 0.25) is 0 Å². The minimum atomic E-state index is 0. The van der Waals surface area contributed by atoms with E-state index in [-0.39, 0.29) is 18.3 Å². The second-order valence-corrected chi connectivity index (χ2v) is 8.28. The van der Waals surface area contributed by atoms with Crippen LogP contribution in [0.15, 0.2) is 35.0 Å². The Morgan fingerprint density at radius 1 is 1.21 bits per heavy atom. The number of carbonyl (C=O) groups excluding carboxylic acids is 1. The van der Waals surface area contributed by atoms with Gasteiger partial charge in [-0.25, -0.2) is 0 Å². The van der Waals surface area contributed by atoms with Crippen molar-refractivity contribution in [1.29, 1.82) is 0 Å². The molecule has 2 fully saturated rings. The van der Waals surface area contributed by atoms with Crippen molar-refractivity contribution in [3.63, 3.8) is 0 Å². The molecule has 2 heterocycles. The summed E-state index contributed by atoms with van der Waals surface area (Å²) in [5, 5.41) is 7.64. The zero-order chi connectivity index (χ0) is 18.9. The average molecular weight is 423 g/mol. The quantitative estimate of drug-likeness (QED) is 0.765. The molecular weight excluding hydrogens is 396 g/mol. The van der Waals surface area contributed by atoms with Crippen LogP contribution in [0.25, 0.3) is 0 Å². The maximum atomic E-state index is 13.5. The highest BCUT2D eigenvalue weighted by Gasteiger charge is 2.57. The number of thiophene rings is 1. The summed E-state index contributed by atoms with van der Waals surface area (Å²) in [6.45, 7) is 2.75. The first-order chi connectivity index (χ1) is 13.1. The summed E-state index contributed by atoms with van der Waals surface area (Å²) in [4.78, 5) is 15.6. The van der Waals surface area contributed by atoms with E-state index in [2.05, 4.69) is 27.0 Å². The molecule has 2 aromatic rings. The Morgan fingerprint density at radius 2 is 1.89 bits per heavy atom. The molecule has 1 saturated carbocycles. The van der Waals surface area contributed by atoms with Crippen molar-refractivity contribution >= 4 is 29.7 Å². The zero-order valence-electron chi connectivity index (χ0n) is 16.3. The minimum Gasteiger partial charge on any atom is -0.497 e. The Labute approximate surface area is 176 Å². The highest BCUT2D eigenvalue weighted by atomic mass is 35.5. The molecule has 0 bridgehead atoms. The van der Waals surface area contributed by atoms with Crippen molar-refractivity contribution in [1.82, 2.24) is 10.2 Å². The van der Waals surface area contributed by atoms with Crippen LogP contribution in [-0.2, 0) is 6.54 Å². The molecule has 5 nitrogen and oxygen atoms in total. The number of methoxy groups -OCH3 is 2. The van der Waals surface area contributed by atoms with Crippen LogP contribution < -0.4 is 14.8 Å². The van der Waals surface area contributed by atoms with Gasteiger partial charge in [-0.2, -0.15) is 11.3 Å². The maximum Gasteiger partial charge on any atom is 0.254 e. The van der Waals surface area contributed by atoms with Gasteiger partial charge in [-0.1, -0.05) is 0 Å².